The van der Waals surface area contributed by atoms with Crippen molar-refractivity contribution in [3.8, 4) is 5.75 Å². The lowest BCUT2D eigenvalue weighted by molar-refractivity contribution is 0.0938. The van der Waals surface area contributed by atoms with Crippen molar-refractivity contribution in [1.29, 1.82) is 0 Å². The molecule has 2 aromatic carbocycles. The van der Waals surface area contributed by atoms with E-state index in [-0.39, 0.29) is 11.9 Å². The third-order valence-electron chi connectivity index (χ3n) is 3.80. The largest absolute Gasteiger partial charge is 0.496 e. The van der Waals surface area contributed by atoms with Crippen molar-refractivity contribution >= 4 is 21.8 Å². The van der Waals surface area contributed by atoms with Gasteiger partial charge in [-0.2, -0.15) is 0 Å². The molecule has 0 unspecified atom stereocenters. The first-order chi connectivity index (χ1) is 10.2. The Morgan fingerprint density at radius 2 is 1.86 bits per heavy atom. The van der Waals surface area contributed by atoms with Gasteiger partial charge in [-0.15, -0.1) is 0 Å². The summed E-state index contributed by atoms with van der Waals surface area (Å²) >= 11 is 3.41. The molecule has 0 spiro atoms. The number of methoxy groups -OCH3 is 1. The smallest absolute Gasteiger partial charge is 0.251 e. The standard InChI is InChI=1S/C17H16BrNO2/c1-21-16-7-6-13(10-15(16)18)17(20)19-14-8-11-4-2-3-5-12(11)9-14/h2-7,10,14H,8-9H2,1H3,(H,19,20). The van der Waals surface area contributed by atoms with Crippen LogP contribution in [0.3, 0.4) is 0 Å². The van der Waals surface area contributed by atoms with E-state index in [4.69, 9.17) is 4.74 Å². The number of halogens is 1. The van der Waals surface area contributed by atoms with Crippen LogP contribution < -0.4 is 10.1 Å². The molecule has 0 bridgehead atoms. The Morgan fingerprint density at radius 1 is 1.19 bits per heavy atom. The highest BCUT2D eigenvalue weighted by atomic mass is 79.9. The zero-order chi connectivity index (χ0) is 14.8. The van der Waals surface area contributed by atoms with Crippen molar-refractivity contribution in [3.63, 3.8) is 0 Å². The minimum Gasteiger partial charge on any atom is -0.496 e. The summed E-state index contributed by atoms with van der Waals surface area (Å²) < 4.78 is 5.96. The molecule has 1 aliphatic rings. The Morgan fingerprint density at radius 3 is 2.43 bits per heavy atom. The number of carbonyl (C=O) groups is 1. The average Bonchev–Trinajstić information content (AvgIpc) is 2.89. The van der Waals surface area contributed by atoms with E-state index >= 15 is 0 Å². The van der Waals surface area contributed by atoms with Gasteiger partial charge in [0.2, 0.25) is 0 Å². The Kier molecular flexibility index (Phi) is 3.97. The summed E-state index contributed by atoms with van der Waals surface area (Å²) in [5, 5.41) is 3.11. The van der Waals surface area contributed by atoms with E-state index < -0.39 is 0 Å². The maximum Gasteiger partial charge on any atom is 0.251 e. The first-order valence-corrected chi connectivity index (χ1v) is 7.68. The molecular weight excluding hydrogens is 330 g/mol. The molecule has 3 nitrogen and oxygen atoms in total. The highest BCUT2D eigenvalue weighted by Gasteiger charge is 2.23. The van der Waals surface area contributed by atoms with Crippen molar-refractivity contribution in [3.05, 3.63) is 63.6 Å². The van der Waals surface area contributed by atoms with E-state index in [0.29, 0.717) is 5.56 Å². The molecule has 1 amide bonds. The van der Waals surface area contributed by atoms with Crippen LogP contribution in [0.15, 0.2) is 46.9 Å². The van der Waals surface area contributed by atoms with Gasteiger partial charge in [-0.25, -0.2) is 0 Å². The topological polar surface area (TPSA) is 38.3 Å². The number of nitrogens with one attached hydrogen (secondary N) is 1. The van der Waals surface area contributed by atoms with Crippen molar-refractivity contribution in [2.75, 3.05) is 7.11 Å². The fraction of sp³-hybridized carbons (Fsp3) is 0.235. The van der Waals surface area contributed by atoms with Crippen LogP contribution in [0.1, 0.15) is 21.5 Å². The summed E-state index contributed by atoms with van der Waals surface area (Å²) in [5.41, 5.74) is 3.30. The van der Waals surface area contributed by atoms with Crippen LogP contribution in [0.5, 0.6) is 5.75 Å². The van der Waals surface area contributed by atoms with Gasteiger partial charge in [-0.3, -0.25) is 4.79 Å². The minimum absolute atomic E-state index is 0.0452. The lowest BCUT2D eigenvalue weighted by Crippen LogP contribution is -2.35. The number of carbonyl (C=O) groups excluding carboxylic acids is 1. The molecule has 0 aromatic heterocycles. The van der Waals surface area contributed by atoms with Crippen molar-refractivity contribution in [2.24, 2.45) is 0 Å². The maximum atomic E-state index is 12.3. The average molecular weight is 346 g/mol. The fourth-order valence-corrected chi connectivity index (χ4v) is 3.28. The first kappa shape index (κ1) is 14.1. The number of hydrogen-bond acceptors (Lipinski definition) is 2. The molecule has 1 N–H and O–H groups in total. The quantitative estimate of drug-likeness (QED) is 0.926. The lowest BCUT2D eigenvalue weighted by Gasteiger charge is -2.13. The van der Waals surface area contributed by atoms with Gasteiger partial charge in [-0.1, -0.05) is 24.3 Å². The van der Waals surface area contributed by atoms with Crippen LogP contribution in [0.4, 0.5) is 0 Å². The molecule has 0 saturated heterocycles. The third-order valence-corrected chi connectivity index (χ3v) is 4.42. The summed E-state index contributed by atoms with van der Waals surface area (Å²) in [6.45, 7) is 0. The molecule has 1 aliphatic carbocycles. The van der Waals surface area contributed by atoms with Crippen molar-refractivity contribution < 1.29 is 9.53 Å². The minimum atomic E-state index is -0.0452. The van der Waals surface area contributed by atoms with Crippen molar-refractivity contribution in [2.45, 2.75) is 18.9 Å². The molecule has 21 heavy (non-hydrogen) atoms. The number of benzene rings is 2. The Hall–Kier alpha value is -1.81. The number of hydrogen-bond donors (Lipinski definition) is 1. The maximum absolute atomic E-state index is 12.3. The molecule has 0 aliphatic heterocycles. The van der Waals surface area contributed by atoms with Crippen LogP contribution in [-0.2, 0) is 12.8 Å². The van der Waals surface area contributed by atoms with Crippen LogP contribution in [0.2, 0.25) is 0 Å². The molecule has 0 saturated carbocycles. The predicted octanol–water partition coefficient (Wildman–Crippen LogP) is 3.35. The summed E-state index contributed by atoms with van der Waals surface area (Å²) in [6.07, 6.45) is 1.80. The zero-order valence-electron chi connectivity index (χ0n) is 11.7. The van der Waals surface area contributed by atoms with Crippen LogP contribution >= 0.6 is 15.9 Å². The summed E-state index contributed by atoms with van der Waals surface area (Å²) in [5.74, 6) is 0.677. The molecule has 3 rings (SSSR count). The SMILES string of the molecule is COc1ccc(C(=O)NC2Cc3ccccc3C2)cc1Br. The van der Waals surface area contributed by atoms with Gasteiger partial charge in [0.25, 0.3) is 5.91 Å². The second-order valence-electron chi connectivity index (χ2n) is 5.20. The lowest BCUT2D eigenvalue weighted by atomic mass is 10.1. The molecule has 0 heterocycles. The highest BCUT2D eigenvalue weighted by Crippen LogP contribution is 2.26. The fourth-order valence-electron chi connectivity index (χ4n) is 2.74. The Labute approximate surface area is 132 Å². The second-order valence-corrected chi connectivity index (χ2v) is 6.05. The summed E-state index contributed by atoms with van der Waals surface area (Å²) in [7, 11) is 1.61. The van der Waals surface area contributed by atoms with Gasteiger partial charge in [0.05, 0.1) is 11.6 Å². The first-order valence-electron chi connectivity index (χ1n) is 6.88. The van der Waals surface area contributed by atoms with E-state index in [2.05, 4.69) is 33.4 Å². The molecule has 0 radical (unpaired) electrons. The summed E-state index contributed by atoms with van der Waals surface area (Å²) in [6, 6.07) is 13.9. The van der Waals surface area contributed by atoms with E-state index in [1.165, 1.54) is 11.1 Å². The normalized spacial score (nSPS) is 13.8. The monoisotopic (exact) mass is 345 g/mol. The second kappa shape index (κ2) is 5.90. The van der Waals surface area contributed by atoms with Crippen LogP contribution in [0, 0.1) is 0 Å². The molecule has 2 aromatic rings. The zero-order valence-corrected chi connectivity index (χ0v) is 13.3. The van der Waals surface area contributed by atoms with Crippen molar-refractivity contribution in [1.82, 2.24) is 5.32 Å². The molecule has 0 atom stereocenters. The number of rotatable bonds is 3. The van der Waals surface area contributed by atoms with Gasteiger partial charge >= 0.3 is 0 Å². The molecule has 0 fully saturated rings. The van der Waals surface area contributed by atoms with Gasteiger partial charge in [-0.05, 0) is 58.1 Å². The van der Waals surface area contributed by atoms with E-state index in [0.717, 1.165) is 23.1 Å². The van der Waals surface area contributed by atoms with Gasteiger partial charge < -0.3 is 10.1 Å². The van der Waals surface area contributed by atoms with Gasteiger partial charge in [0, 0.05) is 11.6 Å². The molecular formula is C17H16BrNO2. The third kappa shape index (κ3) is 2.95. The van der Waals surface area contributed by atoms with E-state index in [9.17, 15) is 4.79 Å². The Balaban J connectivity index is 1.69. The summed E-state index contributed by atoms with van der Waals surface area (Å²) in [4.78, 5) is 12.3. The van der Waals surface area contributed by atoms with Crippen LogP contribution in [-0.4, -0.2) is 19.1 Å². The Bertz CT molecular complexity index is 659. The van der Waals surface area contributed by atoms with E-state index in [1.54, 1.807) is 25.3 Å². The molecule has 108 valence electrons. The van der Waals surface area contributed by atoms with Gasteiger partial charge in [0.15, 0.2) is 0 Å². The number of amides is 1. The highest BCUT2D eigenvalue weighted by molar-refractivity contribution is 9.10. The van der Waals surface area contributed by atoms with Crippen LogP contribution in [0.25, 0.3) is 0 Å². The number of ether oxygens (including phenoxy) is 1. The predicted molar refractivity (Wildman–Crippen MR) is 85.8 cm³/mol. The number of fused-ring (bicyclic) bond motifs is 1. The molecule has 4 heteroatoms. The van der Waals surface area contributed by atoms with Gasteiger partial charge in [0.1, 0.15) is 5.75 Å². The van der Waals surface area contributed by atoms with E-state index in [1.807, 2.05) is 12.1 Å².